The van der Waals surface area contributed by atoms with Crippen molar-refractivity contribution in [2.24, 2.45) is 0 Å². The molecule has 104 valence electrons. The van der Waals surface area contributed by atoms with E-state index in [1.807, 2.05) is 30.3 Å². The lowest BCUT2D eigenvalue weighted by Crippen LogP contribution is -2.05. The van der Waals surface area contributed by atoms with Gasteiger partial charge in [-0.25, -0.2) is 9.78 Å². The van der Waals surface area contributed by atoms with E-state index in [0.717, 1.165) is 5.56 Å². The van der Waals surface area contributed by atoms with Crippen molar-refractivity contribution in [2.75, 3.05) is 0 Å². The second kappa shape index (κ2) is 6.16. The molecule has 0 saturated carbocycles. The molecule has 0 aliphatic rings. The van der Waals surface area contributed by atoms with E-state index in [-0.39, 0.29) is 18.1 Å². The van der Waals surface area contributed by atoms with Gasteiger partial charge in [0, 0.05) is 17.3 Å². The Balaban J connectivity index is 2.04. The first-order valence-electron chi connectivity index (χ1n) is 6.12. The summed E-state index contributed by atoms with van der Waals surface area (Å²) in [6.07, 6.45) is 1.42. The molecule has 0 aliphatic carbocycles. The van der Waals surface area contributed by atoms with Gasteiger partial charge in [-0.3, -0.25) is 0 Å². The Morgan fingerprint density at radius 2 is 1.95 bits per heavy atom. The molecular formula is C15H15NO4. The SMILES string of the molecule is Cc1c(COCc2ccccc2)cnc(C(=O)O)c1O. The van der Waals surface area contributed by atoms with Crippen LogP contribution in [0.5, 0.6) is 5.75 Å². The number of nitrogens with zero attached hydrogens (tertiary/aromatic N) is 1. The van der Waals surface area contributed by atoms with E-state index in [2.05, 4.69) is 4.98 Å². The van der Waals surface area contributed by atoms with E-state index >= 15 is 0 Å². The van der Waals surface area contributed by atoms with Crippen molar-refractivity contribution in [2.45, 2.75) is 20.1 Å². The van der Waals surface area contributed by atoms with Gasteiger partial charge in [0.25, 0.3) is 0 Å². The number of pyridine rings is 1. The maximum Gasteiger partial charge on any atom is 0.358 e. The van der Waals surface area contributed by atoms with Crippen LogP contribution in [0.4, 0.5) is 0 Å². The molecule has 1 aromatic heterocycles. The fraction of sp³-hybridized carbons (Fsp3) is 0.200. The smallest absolute Gasteiger partial charge is 0.358 e. The first-order chi connectivity index (χ1) is 9.59. The fourth-order valence-electron chi connectivity index (χ4n) is 1.79. The van der Waals surface area contributed by atoms with Crippen molar-refractivity contribution >= 4 is 5.97 Å². The van der Waals surface area contributed by atoms with Gasteiger partial charge in [-0.1, -0.05) is 30.3 Å². The van der Waals surface area contributed by atoms with E-state index in [4.69, 9.17) is 9.84 Å². The Morgan fingerprint density at radius 1 is 1.25 bits per heavy atom. The van der Waals surface area contributed by atoms with E-state index in [0.29, 0.717) is 17.7 Å². The summed E-state index contributed by atoms with van der Waals surface area (Å²) in [5.41, 5.74) is 1.85. The second-order valence-electron chi connectivity index (χ2n) is 4.39. The van der Waals surface area contributed by atoms with Crippen molar-refractivity contribution in [3.8, 4) is 5.75 Å². The summed E-state index contributed by atoms with van der Waals surface area (Å²) in [5.74, 6) is -1.55. The molecule has 0 atom stereocenters. The molecule has 0 radical (unpaired) electrons. The number of benzene rings is 1. The lowest BCUT2D eigenvalue weighted by atomic mass is 10.1. The van der Waals surface area contributed by atoms with E-state index < -0.39 is 5.97 Å². The average molecular weight is 273 g/mol. The van der Waals surface area contributed by atoms with Crippen LogP contribution in [0.1, 0.15) is 27.2 Å². The van der Waals surface area contributed by atoms with Crippen molar-refractivity contribution in [3.05, 3.63) is 58.9 Å². The van der Waals surface area contributed by atoms with Gasteiger partial charge in [-0.05, 0) is 12.5 Å². The molecule has 2 rings (SSSR count). The number of rotatable bonds is 5. The predicted octanol–water partition coefficient (Wildman–Crippen LogP) is 2.51. The molecule has 0 saturated heterocycles. The molecule has 1 aromatic carbocycles. The Labute approximate surface area is 116 Å². The Morgan fingerprint density at radius 3 is 2.60 bits per heavy atom. The largest absolute Gasteiger partial charge is 0.505 e. The van der Waals surface area contributed by atoms with Crippen LogP contribution in [0, 0.1) is 6.92 Å². The molecule has 0 spiro atoms. The lowest BCUT2D eigenvalue weighted by Gasteiger charge is -2.10. The van der Waals surface area contributed by atoms with Crippen LogP contribution in [-0.2, 0) is 18.0 Å². The van der Waals surface area contributed by atoms with Crippen molar-refractivity contribution in [1.29, 1.82) is 0 Å². The molecule has 5 heteroatoms. The molecule has 0 bridgehead atoms. The third-order valence-corrected chi connectivity index (χ3v) is 2.98. The number of hydrogen-bond acceptors (Lipinski definition) is 4. The Kier molecular flexibility index (Phi) is 4.32. The summed E-state index contributed by atoms with van der Waals surface area (Å²) in [4.78, 5) is 14.6. The van der Waals surface area contributed by atoms with Crippen LogP contribution < -0.4 is 0 Å². The zero-order valence-electron chi connectivity index (χ0n) is 11.0. The van der Waals surface area contributed by atoms with Gasteiger partial charge in [0.05, 0.1) is 13.2 Å². The monoisotopic (exact) mass is 273 g/mol. The normalized spacial score (nSPS) is 10.4. The highest BCUT2D eigenvalue weighted by atomic mass is 16.5. The van der Waals surface area contributed by atoms with Gasteiger partial charge in [-0.2, -0.15) is 0 Å². The van der Waals surface area contributed by atoms with Crippen LogP contribution in [0.3, 0.4) is 0 Å². The number of carboxylic acid groups (broad SMARTS) is 1. The van der Waals surface area contributed by atoms with Crippen molar-refractivity contribution in [1.82, 2.24) is 4.98 Å². The molecular weight excluding hydrogens is 258 g/mol. The average Bonchev–Trinajstić information content (AvgIpc) is 2.44. The molecule has 0 amide bonds. The van der Waals surface area contributed by atoms with Crippen LogP contribution in [0.15, 0.2) is 36.5 Å². The minimum atomic E-state index is -1.25. The van der Waals surface area contributed by atoms with Crippen LogP contribution >= 0.6 is 0 Å². The summed E-state index contributed by atoms with van der Waals surface area (Å²) in [6, 6.07) is 9.70. The van der Waals surface area contributed by atoms with Crippen LogP contribution in [-0.4, -0.2) is 21.2 Å². The number of carbonyl (C=O) groups is 1. The van der Waals surface area contributed by atoms with E-state index in [1.54, 1.807) is 6.92 Å². The van der Waals surface area contributed by atoms with E-state index in [1.165, 1.54) is 6.20 Å². The zero-order valence-corrected chi connectivity index (χ0v) is 11.0. The summed E-state index contributed by atoms with van der Waals surface area (Å²) in [7, 11) is 0. The second-order valence-corrected chi connectivity index (χ2v) is 4.39. The van der Waals surface area contributed by atoms with Crippen LogP contribution in [0.2, 0.25) is 0 Å². The van der Waals surface area contributed by atoms with Gasteiger partial charge < -0.3 is 14.9 Å². The molecule has 20 heavy (non-hydrogen) atoms. The molecule has 0 aliphatic heterocycles. The zero-order chi connectivity index (χ0) is 14.5. The van der Waals surface area contributed by atoms with Gasteiger partial charge in [-0.15, -0.1) is 0 Å². The number of hydrogen-bond donors (Lipinski definition) is 2. The minimum absolute atomic E-state index is 0.265. The van der Waals surface area contributed by atoms with Gasteiger partial charge in [0.1, 0.15) is 0 Å². The maximum absolute atomic E-state index is 10.8. The Hall–Kier alpha value is -2.40. The molecule has 0 unspecified atom stereocenters. The highest BCUT2D eigenvalue weighted by molar-refractivity contribution is 5.89. The summed E-state index contributed by atoms with van der Waals surface area (Å²) < 4.78 is 5.54. The van der Waals surface area contributed by atoms with Gasteiger partial charge in [0.15, 0.2) is 11.4 Å². The molecule has 2 aromatic rings. The van der Waals surface area contributed by atoms with E-state index in [9.17, 15) is 9.90 Å². The quantitative estimate of drug-likeness (QED) is 0.875. The lowest BCUT2D eigenvalue weighted by molar-refractivity contribution is 0.0686. The molecule has 5 nitrogen and oxygen atoms in total. The third-order valence-electron chi connectivity index (χ3n) is 2.98. The number of carboxylic acids is 1. The topological polar surface area (TPSA) is 79.7 Å². The Bertz CT molecular complexity index is 611. The third kappa shape index (κ3) is 3.13. The fourth-order valence-corrected chi connectivity index (χ4v) is 1.79. The van der Waals surface area contributed by atoms with Gasteiger partial charge in [0.2, 0.25) is 0 Å². The number of aromatic nitrogens is 1. The summed E-state index contributed by atoms with van der Waals surface area (Å²) in [5, 5.41) is 18.6. The predicted molar refractivity (Wildman–Crippen MR) is 72.5 cm³/mol. The molecule has 1 heterocycles. The number of aromatic hydroxyl groups is 1. The summed E-state index contributed by atoms with van der Waals surface area (Å²) >= 11 is 0. The number of ether oxygens (including phenoxy) is 1. The first kappa shape index (κ1) is 14.0. The molecule has 2 N–H and O–H groups in total. The standard InChI is InChI=1S/C15H15NO4/c1-10-12(7-16-13(14(10)17)15(18)19)9-20-8-11-5-3-2-4-6-11/h2-7,17H,8-9H2,1H3,(H,18,19). The number of aromatic carboxylic acids is 1. The van der Waals surface area contributed by atoms with Crippen molar-refractivity contribution < 1.29 is 19.7 Å². The highest BCUT2D eigenvalue weighted by Crippen LogP contribution is 2.23. The molecule has 0 fully saturated rings. The minimum Gasteiger partial charge on any atom is -0.505 e. The first-order valence-corrected chi connectivity index (χ1v) is 6.12. The van der Waals surface area contributed by atoms with Gasteiger partial charge >= 0.3 is 5.97 Å². The summed E-state index contributed by atoms with van der Waals surface area (Å²) in [6.45, 7) is 2.35. The van der Waals surface area contributed by atoms with Crippen LogP contribution in [0.25, 0.3) is 0 Å². The van der Waals surface area contributed by atoms with Crippen molar-refractivity contribution in [3.63, 3.8) is 0 Å². The maximum atomic E-state index is 10.8. The highest BCUT2D eigenvalue weighted by Gasteiger charge is 2.15.